The van der Waals surface area contributed by atoms with Crippen molar-refractivity contribution in [3.05, 3.63) is 24.0 Å². The van der Waals surface area contributed by atoms with Crippen molar-refractivity contribution in [3.63, 3.8) is 0 Å². The third-order valence-electron chi connectivity index (χ3n) is 1.60. The molecule has 1 aliphatic rings. The molecule has 0 saturated carbocycles. The first kappa shape index (κ1) is 10.2. The molecular weight excluding hydrogens is 188 g/mol. The molecule has 74 valence electrons. The summed E-state index contributed by atoms with van der Waals surface area (Å²) in [6.07, 6.45) is 2.92. The lowest BCUT2D eigenvalue weighted by Gasteiger charge is -2.14. The minimum atomic E-state index is -1.21. The van der Waals surface area contributed by atoms with Crippen LogP contribution >= 0.6 is 0 Å². The number of carboxylic acid groups (broad SMARTS) is 1. The topological polar surface area (TPSA) is 80.7 Å². The Balaban J connectivity index is 2.85. The molecule has 0 aromatic carbocycles. The SMILES string of the molecule is CC1=CC(=O)C(/C=C/C(=O)O)C(=O)O1. The van der Waals surface area contributed by atoms with Crippen LogP contribution in [0.4, 0.5) is 0 Å². The van der Waals surface area contributed by atoms with E-state index in [0.29, 0.717) is 0 Å². The maximum atomic E-state index is 11.2. The number of hydrogen-bond donors (Lipinski definition) is 1. The average Bonchev–Trinajstić information content (AvgIpc) is 2.01. The summed E-state index contributed by atoms with van der Waals surface area (Å²) in [6, 6.07) is 0. The molecule has 1 rings (SSSR count). The van der Waals surface area contributed by atoms with E-state index in [1.165, 1.54) is 6.92 Å². The van der Waals surface area contributed by atoms with Crippen molar-refractivity contribution >= 4 is 17.7 Å². The summed E-state index contributed by atoms with van der Waals surface area (Å²) in [5.74, 6) is -3.32. The van der Waals surface area contributed by atoms with Gasteiger partial charge in [-0.1, -0.05) is 6.08 Å². The first-order valence-electron chi connectivity index (χ1n) is 3.85. The lowest BCUT2D eigenvalue weighted by Crippen LogP contribution is -2.27. The number of aliphatic carboxylic acids is 1. The molecule has 0 radical (unpaired) electrons. The summed E-state index contributed by atoms with van der Waals surface area (Å²) in [4.78, 5) is 32.5. The van der Waals surface area contributed by atoms with Gasteiger partial charge < -0.3 is 9.84 Å². The number of ether oxygens (including phenoxy) is 1. The van der Waals surface area contributed by atoms with Crippen LogP contribution < -0.4 is 0 Å². The number of allylic oxidation sites excluding steroid dienone is 2. The van der Waals surface area contributed by atoms with Gasteiger partial charge in [-0.05, 0) is 6.92 Å². The second kappa shape index (κ2) is 3.87. The molecule has 1 heterocycles. The second-order valence-corrected chi connectivity index (χ2v) is 2.75. The minimum Gasteiger partial charge on any atom is -0.478 e. The van der Waals surface area contributed by atoms with Gasteiger partial charge >= 0.3 is 11.9 Å². The van der Waals surface area contributed by atoms with Gasteiger partial charge in [0.25, 0.3) is 0 Å². The molecular formula is C9H8O5. The monoisotopic (exact) mass is 196 g/mol. The van der Waals surface area contributed by atoms with E-state index in [1.807, 2.05) is 0 Å². The number of esters is 1. The van der Waals surface area contributed by atoms with Crippen LogP contribution in [-0.2, 0) is 19.1 Å². The Kier molecular flexibility index (Phi) is 2.81. The van der Waals surface area contributed by atoms with Gasteiger partial charge in [-0.25, -0.2) is 4.79 Å². The fraction of sp³-hybridized carbons (Fsp3) is 0.222. The molecule has 0 aromatic heterocycles. The standard InChI is InChI=1S/C9H8O5/c1-5-4-7(10)6(9(13)14-5)2-3-8(11)12/h2-4,6H,1H3,(H,11,12)/b3-2+. The summed E-state index contributed by atoms with van der Waals surface area (Å²) in [5.41, 5.74) is 0. The number of carbonyl (C=O) groups is 3. The summed E-state index contributed by atoms with van der Waals surface area (Å²) in [5, 5.41) is 8.30. The molecule has 0 amide bonds. The fourth-order valence-electron chi connectivity index (χ4n) is 1.01. The predicted molar refractivity (Wildman–Crippen MR) is 45.1 cm³/mol. The number of rotatable bonds is 2. The van der Waals surface area contributed by atoms with Gasteiger partial charge in [0.1, 0.15) is 11.7 Å². The summed E-state index contributed by atoms with van der Waals surface area (Å²) in [7, 11) is 0. The van der Waals surface area contributed by atoms with Crippen LogP contribution in [0.2, 0.25) is 0 Å². The number of carboxylic acids is 1. The van der Waals surface area contributed by atoms with E-state index in [4.69, 9.17) is 5.11 Å². The number of hydrogen-bond acceptors (Lipinski definition) is 4. The smallest absolute Gasteiger partial charge is 0.328 e. The highest BCUT2D eigenvalue weighted by atomic mass is 16.5. The van der Waals surface area contributed by atoms with Crippen LogP contribution in [0, 0.1) is 5.92 Å². The molecule has 0 fully saturated rings. The van der Waals surface area contributed by atoms with Crippen LogP contribution in [-0.4, -0.2) is 22.8 Å². The van der Waals surface area contributed by atoms with Gasteiger partial charge in [0.05, 0.1) is 0 Å². The summed E-state index contributed by atoms with van der Waals surface area (Å²) in [6.45, 7) is 1.48. The van der Waals surface area contributed by atoms with Gasteiger partial charge in [-0.2, -0.15) is 0 Å². The Bertz CT molecular complexity index is 350. The zero-order chi connectivity index (χ0) is 10.7. The molecule has 5 nitrogen and oxygen atoms in total. The average molecular weight is 196 g/mol. The largest absolute Gasteiger partial charge is 0.478 e. The van der Waals surface area contributed by atoms with Gasteiger partial charge in [-0.3, -0.25) is 9.59 Å². The Morgan fingerprint density at radius 1 is 1.57 bits per heavy atom. The predicted octanol–water partition coefficient (Wildman–Crippen LogP) is 0.273. The Hall–Kier alpha value is -1.91. The molecule has 0 saturated heterocycles. The van der Waals surface area contributed by atoms with E-state index in [2.05, 4.69) is 4.74 Å². The molecule has 1 unspecified atom stereocenters. The maximum absolute atomic E-state index is 11.2. The Labute approximate surface area is 79.7 Å². The molecule has 1 N–H and O–H groups in total. The lowest BCUT2D eigenvalue weighted by atomic mass is 10.0. The molecule has 1 atom stereocenters. The maximum Gasteiger partial charge on any atom is 0.328 e. The number of ketones is 1. The normalized spacial score (nSPS) is 22.1. The van der Waals surface area contributed by atoms with Crippen molar-refractivity contribution in [1.82, 2.24) is 0 Å². The molecule has 5 heteroatoms. The van der Waals surface area contributed by atoms with E-state index in [9.17, 15) is 14.4 Å². The van der Waals surface area contributed by atoms with E-state index in [1.54, 1.807) is 0 Å². The lowest BCUT2D eigenvalue weighted by molar-refractivity contribution is -0.147. The van der Waals surface area contributed by atoms with Crippen molar-refractivity contribution in [2.45, 2.75) is 6.92 Å². The summed E-state index contributed by atoms with van der Waals surface area (Å²) < 4.78 is 4.66. The van der Waals surface area contributed by atoms with Crippen LogP contribution in [0.15, 0.2) is 24.0 Å². The van der Waals surface area contributed by atoms with Gasteiger partial charge in [0.15, 0.2) is 5.78 Å². The highest BCUT2D eigenvalue weighted by Crippen LogP contribution is 2.15. The van der Waals surface area contributed by atoms with Crippen LogP contribution in [0.3, 0.4) is 0 Å². The van der Waals surface area contributed by atoms with Gasteiger partial charge in [0, 0.05) is 12.2 Å². The van der Waals surface area contributed by atoms with Crippen molar-refractivity contribution in [2.24, 2.45) is 5.92 Å². The van der Waals surface area contributed by atoms with Crippen LogP contribution in [0.25, 0.3) is 0 Å². The Morgan fingerprint density at radius 2 is 2.21 bits per heavy atom. The minimum absolute atomic E-state index is 0.222. The molecule has 0 spiro atoms. The molecule has 1 aliphatic heterocycles. The number of cyclic esters (lactones) is 1. The molecule has 0 aliphatic carbocycles. The zero-order valence-corrected chi connectivity index (χ0v) is 7.39. The zero-order valence-electron chi connectivity index (χ0n) is 7.39. The molecule has 14 heavy (non-hydrogen) atoms. The quantitative estimate of drug-likeness (QED) is 0.389. The second-order valence-electron chi connectivity index (χ2n) is 2.75. The third-order valence-corrected chi connectivity index (χ3v) is 1.60. The third kappa shape index (κ3) is 2.29. The van der Waals surface area contributed by atoms with E-state index < -0.39 is 23.6 Å². The first-order valence-corrected chi connectivity index (χ1v) is 3.85. The van der Waals surface area contributed by atoms with Crippen molar-refractivity contribution in [2.75, 3.05) is 0 Å². The fourth-order valence-corrected chi connectivity index (χ4v) is 1.01. The number of carbonyl (C=O) groups excluding carboxylic acids is 2. The van der Waals surface area contributed by atoms with E-state index in [0.717, 1.165) is 18.2 Å². The van der Waals surface area contributed by atoms with Crippen LogP contribution in [0.1, 0.15) is 6.92 Å². The highest BCUT2D eigenvalue weighted by molar-refractivity contribution is 6.09. The van der Waals surface area contributed by atoms with Gasteiger partial charge in [0.2, 0.25) is 0 Å². The van der Waals surface area contributed by atoms with Gasteiger partial charge in [-0.15, -0.1) is 0 Å². The van der Waals surface area contributed by atoms with Crippen LogP contribution in [0.5, 0.6) is 0 Å². The molecule has 0 aromatic rings. The van der Waals surface area contributed by atoms with E-state index in [-0.39, 0.29) is 5.76 Å². The molecule has 0 bridgehead atoms. The van der Waals surface area contributed by atoms with E-state index >= 15 is 0 Å². The first-order chi connectivity index (χ1) is 6.50. The Morgan fingerprint density at radius 3 is 2.71 bits per heavy atom. The van der Waals surface area contributed by atoms with Crippen molar-refractivity contribution < 1.29 is 24.2 Å². The van der Waals surface area contributed by atoms with Crippen molar-refractivity contribution in [1.29, 1.82) is 0 Å². The highest BCUT2D eigenvalue weighted by Gasteiger charge is 2.28. The van der Waals surface area contributed by atoms with Crippen molar-refractivity contribution in [3.8, 4) is 0 Å². The summed E-state index contributed by atoms with van der Waals surface area (Å²) >= 11 is 0.